The van der Waals surface area contributed by atoms with Crippen LogP contribution in [0.5, 0.6) is 0 Å². The summed E-state index contributed by atoms with van der Waals surface area (Å²) >= 11 is 0. The number of pyridine rings is 1. The molecule has 5 rings (SSSR count). The average molecular weight is 486 g/mol. The third kappa shape index (κ3) is 3.75. The van der Waals surface area contributed by atoms with E-state index >= 15 is 0 Å². The number of nitrogens with one attached hydrogen (secondary N) is 2. The third-order valence-corrected chi connectivity index (χ3v) is 6.60. The molecule has 0 aliphatic carbocycles. The fraction of sp³-hybridized carbons (Fsp3) is 0.370. The third-order valence-electron chi connectivity index (χ3n) is 6.60. The van der Waals surface area contributed by atoms with Gasteiger partial charge in [0.05, 0.1) is 5.41 Å². The molecule has 0 saturated heterocycles. The van der Waals surface area contributed by atoms with E-state index < -0.39 is 5.41 Å². The van der Waals surface area contributed by atoms with E-state index in [1.54, 1.807) is 15.6 Å². The van der Waals surface area contributed by atoms with Gasteiger partial charge in [-0.1, -0.05) is 32.9 Å². The molecule has 1 aliphatic heterocycles. The number of aromatic nitrogens is 5. The molecule has 0 bridgehead atoms. The van der Waals surface area contributed by atoms with Crippen molar-refractivity contribution >= 4 is 34.3 Å². The lowest BCUT2D eigenvalue weighted by Crippen LogP contribution is -2.26. The fourth-order valence-corrected chi connectivity index (χ4v) is 4.51. The number of carbonyl (C=O) groups is 1. The molecule has 9 heteroatoms. The molecule has 4 heterocycles. The minimum Gasteiger partial charge on any atom is -0.325 e. The van der Waals surface area contributed by atoms with Crippen LogP contribution >= 0.6 is 0 Å². The van der Waals surface area contributed by atoms with E-state index in [0.29, 0.717) is 22.8 Å². The maximum absolute atomic E-state index is 13.3. The minimum absolute atomic E-state index is 0.0312. The van der Waals surface area contributed by atoms with E-state index in [-0.39, 0.29) is 22.9 Å². The Balaban J connectivity index is 1.62. The lowest BCUT2D eigenvalue weighted by Gasteiger charge is -2.20. The van der Waals surface area contributed by atoms with Crippen molar-refractivity contribution in [3.63, 3.8) is 0 Å². The Hall–Kier alpha value is -4.01. The van der Waals surface area contributed by atoms with Crippen LogP contribution in [0.4, 0.5) is 17.3 Å². The molecule has 0 atom stereocenters. The van der Waals surface area contributed by atoms with Gasteiger partial charge in [0.1, 0.15) is 5.39 Å². The zero-order valence-electron chi connectivity index (χ0n) is 21.7. The number of carbonyl (C=O) groups excluding carboxylic acids is 1. The Morgan fingerprint density at radius 3 is 2.50 bits per heavy atom. The van der Waals surface area contributed by atoms with Crippen LogP contribution in [0.2, 0.25) is 0 Å². The molecule has 0 spiro atoms. The van der Waals surface area contributed by atoms with Crippen molar-refractivity contribution in [3.05, 3.63) is 64.2 Å². The highest BCUT2D eigenvalue weighted by Crippen LogP contribution is 2.39. The molecule has 36 heavy (non-hydrogen) atoms. The molecule has 1 aromatic carbocycles. The molecule has 0 unspecified atom stereocenters. The van der Waals surface area contributed by atoms with Gasteiger partial charge in [-0.15, -0.1) is 0 Å². The molecular formula is C27H31N7O2. The Morgan fingerprint density at radius 2 is 1.81 bits per heavy atom. The first kappa shape index (κ1) is 23.7. The standard InChI is InChI=1S/C27H31N7O2/c1-15(2)33-23(35)17-14-28-25(29-16-11-12-18-19(13-16)30-24(36)27(18,6)7)32-22(17)34(33)21-10-8-9-20(31-21)26(3,4)5/h8-15H,1-7H3,(H,30,36)(H,28,29,32). The zero-order valence-corrected chi connectivity index (χ0v) is 21.7. The van der Waals surface area contributed by atoms with Gasteiger partial charge in [0.15, 0.2) is 11.5 Å². The van der Waals surface area contributed by atoms with Crippen molar-refractivity contribution in [2.24, 2.45) is 0 Å². The number of anilines is 3. The quantitative estimate of drug-likeness (QED) is 0.429. The average Bonchev–Trinajstić information content (AvgIpc) is 3.22. The number of amides is 1. The summed E-state index contributed by atoms with van der Waals surface area (Å²) in [7, 11) is 0. The monoisotopic (exact) mass is 485 g/mol. The molecule has 2 N–H and O–H groups in total. The van der Waals surface area contributed by atoms with Crippen LogP contribution in [-0.2, 0) is 15.6 Å². The largest absolute Gasteiger partial charge is 0.325 e. The number of nitrogens with zero attached hydrogens (tertiary/aromatic N) is 5. The highest BCUT2D eigenvalue weighted by molar-refractivity contribution is 6.06. The van der Waals surface area contributed by atoms with Crippen LogP contribution in [0.15, 0.2) is 47.4 Å². The summed E-state index contributed by atoms with van der Waals surface area (Å²) in [6, 6.07) is 11.4. The summed E-state index contributed by atoms with van der Waals surface area (Å²) in [5, 5.41) is 6.58. The second-order valence-corrected chi connectivity index (χ2v) is 11.1. The number of hydrogen-bond acceptors (Lipinski definition) is 6. The SMILES string of the molecule is CC(C)n1c(=O)c2cnc(Nc3ccc4c(c3)NC(=O)C4(C)C)nc2n1-c1cccc(C(C)(C)C)n1. The van der Waals surface area contributed by atoms with Gasteiger partial charge in [-0.2, -0.15) is 4.98 Å². The predicted octanol–water partition coefficient (Wildman–Crippen LogP) is 4.83. The van der Waals surface area contributed by atoms with Crippen molar-refractivity contribution in [1.29, 1.82) is 0 Å². The van der Waals surface area contributed by atoms with Crippen molar-refractivity contribution < 1.29 is 4.79 Å². The van der Waals surface area contributed by atoms with Crippen LogP contribution in [0.1, 0.15) is 65.8 Å². The maximum Gasteiger partial charge on any atom is 0.278 e. The van der Waals surface area contributed by atoms with Crippen molar-refractivity contribution in [2.45, 2.75) is 65.3 Å². The maximum atomic E-state index is 13.3. The molecule has 186 valence electrons. The van der Waals surface area contributed by atoms with Gasteiger partial charge in [-0.05, 0) is 57.5 Å². The van der Waals surface area contributed by atoms with E-state index in [1.807, 2.05) is 64.1 Å². The second kappa shape index (κ2) is 8.01. The normalized spacial score (nSPS) is 14.8. The molecule has 0 fully saturated rings. The fourth-order valence-electron chi connectivity index (χ4n) is 4.51. The topological polar surface area (TPSA) is 107 Å². The van der Waals surface area contributed by atoms with Crippen molar-refractivity contribution in [1.82, 2.24) is 24.3 Å². The molecule has 0 radical (unpaired) electrons. The van der Waals surface area contributed by atoms with Gasteiger partial charge in [0, 0.05) is 34.7 Å². The van der Waals surface area contributed by atoms with Gasteiger partial charge in [0.2, 0.25) is 11.9 Å². The number of benzene rings is 1. The molecule has 0 saturated carbocycles. The van der Waals surface area contributed by atoms with E-state index in [2.05, 4.69) is 36.4 Å². The zero-order chi connectivity index (χ0) is 26.0. The van der Waals surface area contributed by atoms with Crippen LogP contribution in [0.3, 0.4) is 0 Å². The molecule has 1 aliphatic rings. The van der Waals surface area contributed by atoms with Gasteiger partial charge in [0.25, 0.3) is 5.56 Å². The molecular weight excluding hydrogens is 454 g/mol. The summed E-state index contributed by atoms with van der Waals surface area (Å²) in [6.45, 7) is 14.0. The molecule has 1 amide bonds. The summed E-state index contributed by atoms with van der Waals surface area (Å²) < 4.78 is 3.43. The van der Waals surface area contributed by atoms with Crippen LogP contribution in [-0.4, -0.2) is 30.2 Å². The molecule has 3 aromatic heterocycles. The number of rotatable bonds is 4. The van der Waals surface area contributed by atoms with E-state index in [0.717, 1.165) is 22.6 Å². The number of hydrogen-bond donors (Lipinski definition) is 2. The van der Waals surface area contributed by atoms with Gasteiger partial charge >= 0.3 is 0 Å². The molecule has 9 nitrogen and oxygen atoms in total. The lowest BCUT2D eigenvalue weighted by atomic mass is 9.86. The highest BCUT2D eigenvalue weighted by atomic mass is 16.2. The van der Waals surface area contributed by atoms with Gasteiger partial charge in [-0.3, -0.25) is 9.59 Å². The molecule has 4 aromatic rings. The van der Waals surface area contributed by atoms with Crippen molar-refractivity contribution in [3.8, 4) is 5.82 Å². The van der Waals surface area contributed by atoms with Gasteiger partial charge in [-0.25, -0.2) is 19.3 Å². The second-order valence-electron chi connectivity index (χ2n) is 11.1. The summed E-state index contributed by atoms with van der Waals surface area (Å²) in [5.74, 6) is 0.930. The predicted molar refractivity (Wildman–Crippen MR) is 141 cm³/mol. The lowest BCUT2D eigenvalue weighted by molar-refractivity contribution is -0.119. The smallest absolute Gasteiger partial charge is 0.278 e. The minimum atomic E-state index is -0.576. The van der Waals surface area contributed by atoms with Crippen molar-refractivity contribution in [2.75, 3.05) is 10.6 Å². The van der Waals surface area contributed by atoms with E-state index in [9.17, 15) is 9.59 Å². The first-order chi connectivity index (χ1) is 16.9. The van der Waals surface area contributed by atoms with Crippen LogP contribution in [0.25, 0.3) is 16.9 Å². The van der Waals surface area contributed by atoms with E-state index in [4.69, 9.17) is 9.97 Å². The number of fused-ring (bicyclic) bond motifs is 2. The summed E-state index contributed by atoms with van der Waals surface area (Å²) in [4.78, 5) is 39.6. The van der Waals surface area contributed by atoms with Crippen LogP contribution < -0.4 is 16.2 Å². The van der Waals surface area contributed by atoms with Crippen LogP contribution in [0, 0.1) is 0 Å². The Labute approximate surface area is 209 Å². The Kier molecular flexibility index (Phi) is 5.28. The van der Waals surface area contributed by atoms with E-state index in [1.165, 1.54) is 0 Å². The summed E-state index contributed by atoms with van der Waals surface area (Å²) in [5.41, 5.74) is 2.94. The first-order valence-corrected chi connectivity index (χ1v) is 12.1. The Morgan fingerprint density at radius 1 is 1.06 bits per heavy atom. The summed E-state index contributed by atoms with van der Waals surface area (Å²) in [6.07, 6.45) is 1.55. The highest BCUT2D eigenvalue weighted by Gasteiger charge is 2.38. The first-order valence-electron chi connectivity index (χ1n) is 12.1. The Bertz CT molecular complexity index is 1570. The van der Waals surface area contributed by atoms with Gasteiger partial charge < -0.3 is 10.6 Å².